The number of benzene rings is 1. The number of nitriles is 1. The van der Waals surface area contributed by atoms with Crippen LogP contribution in [0.4, 0.5) is 0 Å². The lowest BCUT2D eigenvalue weighted by Gasteiger charge is -2.36. The topological polar surface area (TPSA) is 76.4 Å². The van der Waals surface area contributed by atoms with Crippen molar-refractivity contribution in [2.24, 2.45) is 5.92 Å². The Morgan fingerprint density at radius 3 is 2.83 bits per heavy atom. The Labute approximate surface area is 137 Å². The molecule has 0 saturated carbocycles. The van der Waals surface area contributed by atoms with E-state index < -0.39 is 5.54 Å². The third kappa shape index (κ3) is 3.72. The van der Waals surface area contributed by atoms with Crippen molar-refractivity contribution in [3.05, 3.63) is 35.4 Å². The van der Waals surface area contributed by atoms with Crippen molar-refractivity contribution >= 4 is 5.91 Å². The number of carbonyl (C=O) groups is 1. The molecule has 2 unspecified atom stereocenters. The Balaban J connectivity index is 2.09. The molecule has 1 aromatic carbocycles. The summed E-state index contributed by atoms with van der Waals surface area (Å²) >= 11 is 0. The second-order valence-electron chi connectivity index (χ2n) is 6.63. The standard InChI is InChI=1S/C18H25N3O2/c1-13(2)18(3,12-19)20-17(23)10-21-9-8-14-6-4-5-7-15(14)16(21)11-22/h4-7,13,16,22H,8-11H2,1-3H3,(H,20,23). The van der Waals surface area contributed by atoms with Crippen molar-refractivity contribution in [2.45, 2.75) is 38.8 Å². The lowest BCUT2D eigenvalue weighted by molar-refractivity contribution is -0.124. The highest BCUT2D eigenvalue weighted by Crippen LogP contribution is 2.29. The summed E-state index contributed by atoms with van der Waals surface area (Å²) in [7, 11) is 0. The van der Waals surface area contributed by atoms with E-state index in [9.17, 15) is 15.2 Å². The molecule has 1 aliphatic heterocycles. The van der Waals surface area contributed by atoms with E-state index in [0.717, 1.165) is 18.5 Å². The van der Waals surface area contributed by atoms with E-state index in [1.54, 1.807) is 6.92 Å². The summed E-state index contributed by atoms with van der Waals surface area (Å²) in [4.78, 5) is 14.4. The predicted octanol–water partition coefficient (Wildman–Crippen LogP) is 1.63. The van der Waals surface area contributed by atoms with Crippen LogP contribution >= 0.6 is 0 Å². The number of rotatable bonds is 5. The minimum atomic E-state index is -0.876. The fraction of sp³-hybridized carbons (Fsp3) is 0.556. The van der Waals surface area contributed by atoms with Gasteiger partial charge in [0.15, 0.2) is 0 Å². The molecule has 0 spiro atoms. The predicted molar refractivity (Wildman–Crippen MR) is 88.5 cm³/mol. The van der Waals surface area contributed by atoms with Gasteiger partial charge in [-0.2, -0.15) is 5.26 Å². The largest absolute Gasteiger partial charge is 0.394 e. The van der Waals surface area contributed by atoms with Gasteiger partial charge in [-0.3, -0.25) is 9.69 Å². The van der Waals surface area contributed by atoms with Crippen molar-refractivity contribution in [1.82, 2.24) is 10.2 Å². The molecule has 5 heteroatoms. The third-order valence-electron chi connectivity index (χ3n) is 4.83. The van der Waals surface area contributed by atoms with Crippen LogP contribution in [0, 0.1) is 17.2 Å². The van der Waals surface area contributed by atoms with Crippen LogP contribution in [0.15, 0.2) is 24.3 Å². The molecule has 0 radical (unpaired) electrons. The summed E-state index contributed by atoms with van der Waals surface area (Å²) < 4.78 is 0. The Morgan fingerprint density at radius 2 is 2.22 bits per heavy atom. The number of carbonyl (C=O) groups excluding carboxylic acids is 1. The Kier molecular flexibility index (Phi) is 5.40. The number of aliphatic hydroxyl groups is 1. The summed E-state index contributed by atoms with van der Waals surface area (Å²) in [6.07, 6.45) is 0.861. The molecule has 2 atom stereocenters. The Bertz CT molecular complexity index is 609. The van der Waals surface area contributed by atoms with Gasteiger partial charge in [-0.1, -0.05) is 38.1 Å². The van der Waals surface area contributed by atoms with Crippen LogP contribution in [-0.2, 0) is 11.2 Å². The summed E-state index contributed by atoms with van der Waals surface area (Å²) in [5.41, 5.74) is 1.44. The number of hydrogen-bond acceptors (Lipinski definition) is 4. The fourth-order valence-corrected chi connectivity index (χ4v) is 2.92. The van der Waals surface area contributed by atoms with Crippen LogP contribution in [0.25, 0.3) is 0 Å². The van der Waals surface area contributed by atoms with E-state index in [-0.39, 0.29) is 31.0 Å². The number of amides is 1. The Hall–Kier alpha value is -1.90. The highest BCUT2D eigenvalue weighted by atomic mass is 16.3. The summed E-state index contributed by atoms with van der Waals surface area (Å²) in [6, 6.07) is 10.0. The number of nitrogens with one attached hydrogen (secondary N) is 1. The van der Waals surface area contributed by atoms with Crippen LogP contribution in [0.1, 0.15) is 37.9 Å². The van der Waals surface area contributed by atoms with E-state index in [4.69, 9.17) is 0 Å². The van der Waals surface area contributed by atoms with E-state index in [1.807, 2.05) is 36.9 Å². The van der Waals surface area contributed by atoms with Gasteiger partial charge in [-0.05, 0) is 30.4 Å². The molecule has 1 aliphatic rings. The molecule has 1 aromatic rings. The Morgan fingerprint density at radius 1 is 1.52 bits per heavy atom. The molecule has 1 amide bonds. The maximum atomic E-state index is 12.4. The summed E-state index contributed by atoms with van der Waals surface area (Å²) in [6.45, 7) is 6.45. The zero-order valence-electron chi connectivity index (χ0n) is 14.0. The van der Waals surface area contributed by atoms with Gasteiger partial charge in [-0.15, -0.1) is 0 Å². The molecular formula is C18H25N3O2. The molecule has 0 saturated heterocycles. The van der Waals surface area contributed by atoms with Gasteiger partial charge in [0.25, 0.3) is 0 Å². The first kappa shape index (κ1) is 17.5. The quantitative estimate of drug-likeness (QED) is 0.866. The van der Waals surface area contributed by atoms with Crippen molar-refractivity contribution in [1.29, 1.82) is 5.26 Å². The van der Waals surface area contributed by atoms with Crippen molar-refractivity contribution in [3.63, 3.8) is 0 Å². The summed E-state index contributed by atoms with van der Waals surface area (Å²) in [5.74, 6) is -0.159. The van der Waals surface area contributed by atoms with Crippen LogP contribution in [0.3, 0.4) is 0 Å². The minimum Gasteiger partial charge on any atom is -0.394 e. The lowest BCUT2D eigenvalue weighted by atomic mass is 9.90. The van der Waals surface area contributed by atoms with Gasteiger partial charge >= 0.3 is 0 Å². The number of hydrogen-bond donors (Lipinski definition) is 2. The highest BCUT2D eigenvalue weighted by molar-refractivity contribution is 5.79. The minimum absolute atomic E-state index is 0.0205. The maximum absolute atomic E-state index is 12.4. The zero-order valence-corrected chi connectivity index (χ0v) is 14.0. The van der Waals surface area contributed by atoms with Crippen molar-refractivity contribution in [2.75, 3.05) is 19.7 Å². The van der Waals surface area contributed by atoms with Crippen molar-refractivity contribution < 1.29 is 9.90 Å². The lowest BCUT2D eigenvalue weighted by Crippen LogP contribution is -2.53. The van der Waals surface area contributed by atoms with Crippen LogP contribution in [0.2, 0.25) is 0 Å². The molecular weight excluding hydrogens is 290 g/mol. The second-order valence-corrected chi connectivity index (χ2v) is 6.63. The van der Waals surface area contributed by atoms with Gasteiger partial charge in [0.05, 0.1) is 25.3 Å². The molecule has 2 rings (SSSR count). The molecule has 0 bridgehead atoms. The van der Waals surface area contributed by atoms with Gasteiger partial charge < -0.3 is 10.4 Å². The van der Waals surface area contributed by atoms with Crippen LogP contribution < -0.4 is 5.32 Å². The van der Waals surface area contributed by atoms with Crippen molar-refractivity contribution in [3.8, 4) is 6.07 Å². The van der Waals surface area contributed by atoms with E-state index in [2.05, 4.69) is 17.5 Å². The van der Waals surface area contributed by atoms with Crippen LogP contribution in [-0.4, -0.2) is 41.1 Å². The smallest absolute Gasteiger partial charge is 0.235 e. The monoisotopic (exact) mass is 315 g/mol. The van der Waals surface area contributed by atoms with Crippen LogP contribution in [0.5, 0.6) is 0 Å². The first-order valence-electron chi connectivity index (χ1n) is 8.06. The molecule has 1 heterocycles. The number of nitrogens with zero attached hydrogens (tertiary/aromatic N) is 2. The fourth-order valence-electron chi connectivity index (χ4n) is 2.92. The molecule has 23 heavy (non-hydrogen) atoms. The molecule has 0 aliphatic carbocycles. The molecule has 0 fully saturated rings. The van der Waals surface area contributed by atoms with Gasteiger partial charge in [0, 0.05) is 6.54 Å². The molecule has 0 aromatic heterocycles. The average Bonchev–Trinajstić information content (AvgIpc) is 2.54. The van der Waals surface area contributed by atoms with E-state index in [1.165, 1.54) is 5.56 Å². The molecule has 2 N–H and O–H groups in total. The third-order valence-corrected chi connectivity index (χ3v) is 4.83. The van der Waals surface area contributed by atoms with Gasteiger partial charge in [0.1, 0.15) is 5.54 Å². The second kappa shape index (κ2) is 7.12. The zero-order chi connectivity index (χ0) is 17.0. The maximum Gasteiger partial charge on any atom is 0.235 e. The number of aliphatic hydroxyl groups excluding tert-OH is 1. The summed E-state index contributed by atoms with van der Waals surface area (Å²) in [5, 5.41) is 21.9. The van der Waals surface area contributed by atoms with E-state index in [0.29, 0.717) is 0 Å². The highest BCUT2D eigenvalue weighted by Gasteiger charge is 2.32. The van der Waals surface area contributed by atoms with E-state index >= 15 is 0 Å². The first-order chi connectivity index (χ1) is 10.9. The SMILES string of the molecule is CC(C)C(C)(C#N)NC(=O)CN1CCc2ccccc2C1CO. The normalized spacial score (nSPS) is 20.4. The molecule has 5 nitrogen and oxygen atoms in total. The number of fused-ring (bicyclic) bond motifs is 1. The molecule has 124 valence electrons. The average molecular weight is 315 g/mol. The van der Waals surface area contributed by atoms with Gasteiger partial charge in [0.2, 0.25) is 5.91 Å². The van der Waals surface area contributed by atoms with Gasteiger partial charge in [-0.25, -0.2) is 0 Å². The first-order valence-corrected chi connectivity index (χ1v) is 8.06.